The Labute approximate surface area is 147 Å². The second kappa shape index (κ2) is 6.02. The molecule has 1 N–H and O–H groups in total. The van der Waals surface area contributed by atoms with E-state index in [1.165, 1.54) is 32.4 Å². The number of carbonyl (C=O) groups excluding carboxylic acids is 1. The minimum atomic E-state index is -0.0667. The number of pyridine rings is 1. The zero-order chi connectivity index (χ0) is 16.8. The Morgan fingerprint density at radius 3 is 2.96 bits per heavy atom. The molecule has 0 aromatic carbocycles. The van der Waals surface area contributed by atoms with Crippen molar-refractivity contribution in [3.05, 3.63) is 24.2 Å². The summed E-state index contributed by atoms with van der Waals surface area (Å²) in [5.41, 5.74) is 2.33. The third-order valence-corrected chi connectivity index (χ3v) is 5.92. The van der Waals surface area contributed by atoms with Crippen molar-refractivity contribution in [1.82, 2.24) is 15.2 Å². The van der Waals surface area contributed by atoms with E-state index in [4.69, 9.17) is 4.42 Å². The van der Waals surface area contributed by atoms with Crippen molar-refractivity contribution in [2.45, 2.75) is 31.7 Å². The lowest BCUT2D eigenvalue weighted by atomic mass is 9.97. The zero-order valence-electron chi connectivity index (χ0n) is 14.4. The number of piperidine rings is 1. The van der Waals surface area contributed by atoms with E-state index in [0.29, 0.717) is 5.69 Å². The molecule has 5 heterocycles. The number of anilines is 1. The van der Waals surface area contributed by atoms with Crippen LogP contribution in [0.5, 0.6) is 0 Å². The van der Waals surface area contributed by atoms with Crippen LogP contribution in [-0.2, 0) is 0 Å². The Bertz CT molecular complexity index is 784. The molecule has 1 amide bonds. The molecule has 3 aliphatic rings. The average molecular weight is 340 g/mol. The highest BCUT2D eigenvalue weighted by molar-refractivity contribution is 5.99. The van der Waals surface area contributed by atoms with Gasteiger partial charge in [-0.25, -0.2) is 4.98 Å². The van der Waals surface area contributed by atoms with E-state index >= 15 is 0 Å². The molecule has 0 aliphatic carbocycles. The van der Waals surface area contributed by atoms with Crippen LogP contribution in [0.4, 0.5) is 5.69 Å². The number of furan rings is 1. The first-order chi connectivity index (χ1) is 12.3. The van der Waals surface area contributed by atoms with Crippen LogP contribution in [0.2, 0.25) is 0 Å². The van der Waals surface area contributed by atoms with Gasteiger partial charge < -0.3 is 19.5 Å². The summed E-state index contributed by atoms with van der Waals surface area (Å²) in [7, 11) is 0. The van der Waals surface area contributed by atoms with Crippen LogP contribution in [-0.4, -0.2) is 54.6 Å². The number of amides is 1. The topological polar surface area (TPSA) is 61.6 Å². The van der Waals surface area contributed by atoms with Crippen molar-refractivity contribution in [2.24, 2.45) is 5.92 Å². The standard InChI is InChI=1S/C19H24N4O2/c24-19(21-14-7-13-3-6-22(10-13)11-14)16-8-15-17(23-4-1-2-5-23)12-25-18(15)9-20-16/h8-9,12-14H,1-7,10-11H2,(H,21,24)/t13-,14+/m0/s1. The van der Waals surface area contributed by atoms with Crippen LogP contribution in [0.25, 0.3) is 11.0 Å². The quantitative estimate of drug-likeness (QED) is 0.929. The molecule has 0 radical (unpaired) electrons. The Kier molecular flexibility index (Phi) is 3.66. The number of hydrogen-bond acceptors (Lipinski definition) is 5. The minimum absolute atomic E-state index is 0.0667. The van der Waals surface area contributed by atoms with E-state index in [0.717, 1.165) is 48.6 Å². The van der Waals surface area contributed by atoms with Gasteiger partial charge in [0.2, 0.25) is 0 Å². The first-order valence-corrected chi connectivity index (χ1v) is 9.42. The fourth-order valence-electron chi connectivity index (χ4n) is 4.67. The fraction of sp³-hybridized carbons (Fsp3) is 0.579. The molecule has 1 unspecified atom stereocenters. The number of carbonyl (C=O) groups is 1. The molecule has 3 atom stereocenters. The predicted molar refractivity (Wildman–Crippen MR) is 95.9 cm³/mol. The average Bonchev–Trinajstić information content (AvgIpc) is 3.34. The molecule has 25 heavy (non-hydrogen) atoms. The highest BCUT2D eigenvalue weighted by Crippen LogP contribution is 2.31. The number of nitrogens with one attached hydrogen (secondary N) is 1. The monoisotopic (exact) mass is 340 g/mol. The van der Waals surface area contributed by atoms with Gasteiger partial charge in [0.05, 0.1) is 11.9 Å². The minimum Gasteiger partial charge on any atom is -0.460 e. The molecule has 3 aliphatic heterocycles. The van der Waals surface area contributed by atoms with Crippen LogP contribution in [0, 0.1) is 5.92 Å². The number of fused-ring (bicyclic) bond motifs is 3. The van der Waals surface area contributed by atoms with E-state index in [1.807, 2.05) is 6.07 Å². The van der Waals surface area contributed by atoms with Gasteiger partial charge in [-0.2, -0.15) is 0 Å². The molecule has 2 aromatic heterocycles. The van der Waals surface area contributed by atoms with Crippen LogP contribution >= 0.6 is 0 Å². The second-order valence-corrected chi connectivity index (χ2v) is 7.70. The number of hydrogen-bond donors (Lipinski definition) is 1. The summed E-state index contributed by atoms with van der Waals surface area (Å²) in [4.78, 5) is 21.8. The summed E-state index contributed by atoms with van der Waals surface area (Å²) >= 11 is 0. The molecule has 0 spiro atoms. The molecule has 3 saturated heterocycles. The van der Waals surface area contributed by atoms with Gasteiger partial charge in [0.1, 0.15) is 12.0 Å². The second-order valence-electron chi connectivity index (χ2n) is 7.70. The van der Waals surface area contributed by atoms with Gasteiger partial charge in [-0.1, -0.05) is 0 Å². The van der Waals surface area contributed by atoms with Crippen molar-refractivity contribution in [3.8, 4) is 0 Å². The Morgan fingerprint density at radius 1 is 1.24 bits per heavy atom. The molecule has 2 aromatic rings. The van der Waals surface area contributed by atoms with Gasteiger partial charge >= 0.3 is 0 Å². The summed E-state index contributed by atoms with van der Waals surface area (Å²) in [5.74, 6) is 0.674. The summed E-state index contributed by atoms with van der Waals surface area (Å²) in [6.45, 7) is 5.45. The van der Waals surface area contributed by atoms with Crippen LogP contribution in [0.1, 0.15) is 36.2 Å². The molecule has 6 nitrogen and oxygen atoms in total. The van der Waals surface area contributed by atoms with E-state index in [9.17, 15) is 4.79 Å². The van der Waals surface area contributed by atoms with Crippen LogP contribution in [0.15, 0.2) is 22.9 Å². The maximum absolute atomic E-state index is 12.7. The first kappa shape index (κ1) is 15.2. The van der Waals surface area contributed by atoms with Gasteiger partial charge in [-0.15, -0.1) is 0 Å². The molecule has 6 heteroatoms. The van der Waals surface area contributed by atoms with Gasteiger partial charge in [0.25, 0.3) is 5.91 Å². The molecular weight excluding hydrogens is 316 g/mol. The number of nitrogens with zero attached hydrogens (tertiary/aromatic N) is 3. The molecular formula is C19H24N4O2. The maximum Gasteiger partial charge on any atom is 0.270 e. The lowest BCUT2D eigenvalue weighted by molar-refractivity contribution is 0.0904. The maximum atomic E-state index is 12.7. The predicted octanol–water partition coefficient (Wildman–Crippen LogP) is 2.25. The molecule has 0 saturated carbocycles. The summed E-state index contributed by atoms with van der Waals surface area (Å²) in [6, 6.07) is 2.13. The van der Waals surface area contributed by atoms with Gasteiger partial charge in [-0.3, -0.25) is 4.79 Å². The Hall–Kier alpha value is -2.08. The van der Waals surface area contributed by atoms with E-state index in [2.05, 4.69) is 20.1 Å². The molecule has 5 rings (SSSR count). The third kappa shape index (κ3) is 2.78. The summed E-state index contributed by atoms with van der Waals surface area (Å²) < 4.78 is 5.64. The lowest BCUT2D eigenvalue weighted by Gasteiger charge is -2.30. The van der Waals surface area contributed by atoms with Crippen molar-refractivity contribution < 1.29 is 9.21 Å². The van der Waals surface area contributed by atoms with Crippen molar-refractivity contribution in [2.75, 3.05) is 37.6 Å². The molecule has 2 bridgehead atoms. The van der Waals surface area contributed by atoms with Crippen LogP contribution < -0.4 is 10.2 Å². The smallest absolute Gasteiger partial charge is 0.270 e. The van der Waals surface area contributed by atoms with Crippen LogP contribution in [0.3, 0.4) is 0 Å². The van der Waals surface area contributed by atoms with Gasteiger partial charge in [0, 0.05) is 37.6 Å². The molecule has 132 valence electrons. The highest BCUT2D eigenvalue weighted by Gasteiger charge is 2.33. The normalized spacial score (nSPS) is 28.6. The summed E-state index contributed by atoms with van der Waals surface area (Å²) in [5, 5.41) is 4.19. The number of rotatable bonds is 3. The SMILES string of the molecule is O=C(N[C@@H]1C[C@@H]2CCN(C2)C1)c1cc2c(N3CCCC3)coc2cn1. The Balaban J connectivity index is 1.36. The molecule has 3 fully saturated rings. The van der Waals surface area contributed by atoms with Gasteiger partial charge in [0.15, 0.2) is 5.58 Å². The third-order valence-electron chi connectivity index (χ3n) is 5.92. The van der Waals surface area contributed by atoms with E-state index in [-0.39, 0.29) is 11.9 Å². The highest BCUT2D eigenvalue weighted by atomic mass is 16.3. The fourth-order valence-corrected chi connectivity index (χ4v) is 4.67. The summed E-state index contributed by atoms with van der Waals surface area (Å²) in [6.07, 6.45) is 8.26. The van der Waals surface area contributed by atoms with Crippen molar-refractivity contribution >= 4 is 22.6 Å². The van der Waals surface area contributed by atoms with Crippen molar-refractivity contribution in [3.63, 3.8) is 0 Å². The first-order valence-electron chi connectivity index (χ1n) is 9.42. The van der Waals surface area contributed by atoms with E-state index < -0.39 is 0 Å². The largest absolute Gasteiger partial charge is 0.460 e. The number of aromatic nitrogens is 1. The lowest BCUT2D eigenvalue weighted by Crippen LogP contribution is -2.47. The van der Waals surface area contributed by atoms with E-state index in [1.54, 1.807) is 12.5 Å². The van der Waals surface area contributed by atoms with Crippen molar-refractivity contribution in [1.29, 1.82) is 0 Å². The Morgan fingerprint density at radius 2 is 2.12 bits per heavy atom. The zero-order valence-corrected chi connectivity index (χ0v) is 14.4. The van der Waals surface area contributed by atoms with Gasteiger partial charge in [-0.05, 0) is 44.2 Å².